The van der Waals surface area contributed by atoms with Gasteiger partial charge in [-0.1, -0.05) is 243 Å². The van der Waals surface area contributed by atoms with E-state index in [1.165, 1.54) is 92.8 Å². The maximum Gasteiger partial charge on any atom is 0 e. The molecule has 308 valence electrons. The van der Waals surface area contributed by atoms with Crippen molar-refractivity contribution in [1.29, 1.82) is 0 Å². The van der Waals surface area contributed by atoms with E-state index in [1.807, 2.05) is 0 Å². The fraction of sp³-hybridized carbons (Fsp3) is 0.143. The van der Waals surface area contributed by atoms with Crippen LogP contribution in [0.3, 0.4) is 0 Å². The van der Waals surface area contributed by atoms with Gasteiger partial charge in [0.15, 0.2) is 0 Å². The van der Waals surface area contributed by atoms with Crippen molar-refractivity contribution in [1.82, 2.24) is 0 Å². The third kappa shape index (κ3) is 14.6. The summed E-state index contributed by atoms with van der Waals surface area (Å²) in [4.78, 5) is 0. The Kier molecular flexibility index (Phi) is 20.3. The Morgan fingerprint density at radius 2 is 0.295 bits per heavy atom. The van der Waals surface area contributed by atoms with E-state index in [1.54, 1.807) is 0 Å². The second kappa shape index (κ2) is 26.5. The van der Waals surface area contributed by atoms with Crippen LogP contribution in [0.15, 0.2) is 243 Å². The normalized spacial score (nSPS) is 11.0. The Labute approximate surface area is 384 Å². The van der Waals surface area contributed by atoms with Gasteiger partial charge >= 0.3 is 0 Å². The Balaban J connectivity index is 0.000000201. The zero-order valence-corrected chi connectivity index (χ0v) is 40.2. The molecule has 0 saturated carbocycles. The molecule has 0 fully saturated rings. The Bertz CT molecular complexity index is 1820. The summed E-state index contributed by atoms with van der Waals surface area (Å²) >= 11 is 0. The maximum absolute atomic E-state index is 2.31. The Morgan fingerprint density at radius 3 is 0.410 bits per heavy atom. The van der Waals surface area contributed by atoms with Crippen LogP contribution in [0.4, 0.5) is 0 Å². The standard InChI is InChI=1S/2C28H28P2.Ru/c2*1-5-15-25(16-6-1)29(26-17-7-2-8-18-26)23-13-14-24-30(27-19-9-3-10-20-27)28-21-11-4-12-22-28;/h2*1-12,15-22H,13-14,23-24H2;. The van der Waals surface area contributed by atoms with Crippen LogP contribution in [-0.4, -0.2) is 24.6 Å². The van der Waals surface area contributed by atoms with Gasteiger partial charge in [-0.15, -0.1) is 0 Å². The molecule has 0 unspecified atom stereocenters. The second-order valence-electron chi connectivity index (χ2n) is 14.7. The van der Waals surface area contributed by atoms with Crippen LogP contribution in [0.25, 0.3) is 0 Å². The van der Waals surface area contributed by atoms with Gasteiger partial charge < -0.3 is 0 Å². The molecule has 0 atom stereocenters. The molecule has 0 aliphatic carbocycles. The average Bonchev–Trinajstić information content (AvgIpc) is 3.34. The van der Waals surface area contributed by atoms with E-state index in [9.17, 15) is 0 Å². The predicted octanol–water partition coefficient (Wildman–Crippen LogP) is 12.1. The van der Waals surface area contributed by atoms with E-state index in [4.69, 9.17) is 0 Å². The van der Waals surface area contributed by atoms with E-state index < -0.39 is 0 Å². The molecule has 0 aliphatic heterocycles. The van der Waals surface area contributed by atoms with Gasteiger partial charge in [0.2, 0.25) is 0 Å². The van der Waals surface area contributed by atoms with E-state index in [2.05, 4.69) is 243 Å². The summed E-state index contributed by atoms with van der Waals surface area (Å²) < 4.78 is 0. The topological polar surface area (TPSA) is 0 Å². The van der Waals surface area contributed by atoms with Gasteiger partial charge in [0.25, 0.3) is 0 Å². The molecule has 0 aliphatic rings. The minimum absolute atomic E-state index is 0. The van der Waals surface area contributed by atoms with Gasteiger partial charge in [0.05, 0.1) is 0 Å². The molecule has 0 spiro atoms. The van der Waals surface area contributed by atoms with Gasteiger partial charge in [0.1, 0.15) is 0 Å². The van der Waals surface area contributed by atoms with Gasteiger partial charge in [-0.2, -0.15) is 0 Å². The van der Waals surface area contributed by atoms with Gasteiger partial charge in [-0.25, -0.2) is 0 Å². The zero-order valence-electron chi connectivity index (χ0n) is 34.9. The first-order chi connectivity index (χ1) is 29.8. The molecule has 0 amide bonds. The van der Waals surface area contributed by atoms with Crippen LogP contribution >= 0.6 is 31.7 Å². The van der Waals surface area contributed by atoms with Crippen molar-refractivity contribution in [2.75, 3.05) is 24.6 Å². The number of benzene rings is 8. The molecule has 0 heterocycles. The van der Waals surface area contributed by atoms with Crippen LogP contribution < -0.4 is 42.4 Å². The van der Waals surface area contributed by atoms with Crippen LogP contribution in [0.5, 0.6) is 0 Å². The summed E-state index contributed by atoms with van der Waals surface area (Å²) in [6.45, 7) is 0. The van der Waals surface area contributed by atoms with E-state index in [-0.39, 0.29) is 51.2 Å². The number of hydrogen-bond acceptors (Lipinski definition) is 0. The molecule has 8 aromatic carbocycles. The van der Waals surface area contributed by atoms with Crippen molar-refractivity contribution < 1.29 is 19.5 Å². The van der Waals surface area contributed by atoms with Crippen LogP contribution in [0, 0.1) is 0 Å². The fourth-order valence-corrected chi connectivity index (χ4v) is 17.2. The summed E-state index contributed by atoms with van der Waals surface area (Å²) in [6, 6.07) is 88.7. The minimum Gasteiger partial charge on any atom is -0.0622 e. The molecule has 0 bridgehead atoms. The molecular formula is C56H56P4Ru. The van der Waals surface area contributed by atoms with Crippen molar-refractivity contribution in [2.45, 2.75) is 25.7 Å². The van der Waals surface area contributed by atoms with Crippen molar-refractivity contribution in [3.8, 4) is 0 Å². The molecule has 8 aromatic rings. The first-order valence-electron chi connectivity index (χ1n) is 21.3. The zero-order chi connectivity index (χ0) is 40.9. The molecule has 61 heavy (non-hydrogen) atoms. The van der Waals surface area contributed by atoms with Crippen molar-refractivity contribution in [3.63, 3.8) is 0 Å². The van der Waals surface area contributed by atoms with Gasteiger partial charge in [-0.05, 0) is 124 Å². The third-order valence-electron chi connectivity index (χ3n) is 10.6. The molecule has 5 heteroatoms. The van der Waals surface area contributed by atoms with Crippen LogP contribution in [-0.2, 0) is 19.5 Å². The smallest absolute Gasteiger partial charge is 0 e. The molecule has 0 nitrogen and oxygen atoms in total. The quantitative estimate of drug-likeness (QED) is 0.0457. The van der Waals surface area contributed by atoms with Crippen molar-refractivity contribution in [2.24, 2.45) is 0 Å². The SMILES string of the molecule is [Ru].c1ccc(P(CCCCP(c2ccccc2)c2ccccc2)c2ccccc2)cc1.c1ccc(P(CCCCP(c2ccccc2)c2ccccc2)c2ccccc2)cc1. The molecule has 0 N–H and O–H groups in total. The fourth-order valence-electron chi connectivity index (χ4n) is 7.57. The summed E-state index contributed by atoms with van der Waals surface area (Å²) in [5.41, 5.74) is 0. The summed E-state index contributed by atoms with van der Waals surface area (Å²) in [7, 11) is -1.13. The first kappa shape index (κ1) is 46.6. The predicted molar refractivity (Wildman–Crippen MR) is 274 cm³/mol. The molecule has 8 rings (SSSR count). The van der Waals surface area contributed by atoms with Crippen molar-refractivity contribution >= 4 is 74.1 Å². The third-order valence-corrected chi connectivity index (χ3v) is 21.0. The summed E-state index contributed by atoms with van der Waals surface area (Å²) in [5, 5.41) is 11.9. The largest absolute Gasteiger partial charge is 0.0622 e. The summed E-state index contributed by atoms with van der Waals surface area (Å²) in [5.74, 6) is 0. The Hall–Kier alpha value is -3.90. The van der Waals surface area contributed by atoms with E-state index in [0.29, 0.717) is 0 Å². The molecule has 0 saturated heterocycles. The van der Waals surface area contributed by atoms with Gasteiger partial charge in [-0.3, -0.25) is 0 Å². The molecular weight excluding hydrogens is 898 g/mol. The van der Waals surface area contributed by atoms with Gasteiger partial charge in [0, 0.05) is 19.5 Å². The minimum atomic E-state index is -0.283. The Morgan fingerprint density at radius 1 is 0.180 bits per heavy atom. The average molecular weight is 954 g/mol. The second-order valence-corrected chi connectivity index (χ2v) is 24.0. The maximum atomic E-state index is 2.31. The van der Waals surface area contributed by atoms with E-state index in [0.717, 1.165) is 0 Å². The number of hydrogen-bond donors (Lipinski definition) is 0. The van der Waals surface area contributed by atoms with Crippen molar-refractivity contribution in [3.05, 3.63) is 243 Å². The number of rotatable bonds is 18. The number of unbranched alkanes of at least 4 members (excludes halogenated alkanes) is 2. The summed E-state index contributed by atoms with van der Waals surface area (Å²) in [6.07, 6.45) is 10.1. The van der Waals surface area contributed by atoms with Crippen LogP contribution in [0.1, 0.15) is 25.7 Å². The molecule has 0 aromatic heterocycles. The van der Waals surface area contributed by atoms with E-state index >= 15 is 0 Å². The first-order valence-corrected chi connectivity index (χ1v) is 27.4. The molecule has 0 radical (unpaired) electrons. The monoisotopic (exact) mass is 954 g/mol. The van der Waals surface area contributed by atoms with Crippen LogP contribution in [0.2, 0.25) is 0 Å².